The maximum absolute atomic E-state index is 13.4. The lowest BCUT2D eigenvalue weighted by Crippen LogP contribution is -2.13. The van der Waals surface area contributed by atoms with Crippen molar-refractivity contribution >= 4 is 11.4 Å². The van der Waals surface area contributed by atoms with Gasteiger partial charge in [0.2, 0.25) is 0 Å². The number of hydrogen-bond acceptors (Lipinski definition) is 5. The number of aliphatic hydroxyl groups excluding tert-OH is 1. The molecule has 0 fully saturated rings. The second-order valence-electron chi connectivity index (χ2n) is 3.30. The van der Waals surface area contributed by atoms with Gasteiger partial charge >= 0.3 is 0 Å². The molecule has 0 spiro atoms. The van der Waals surface area contributed by atoms with E-state index in [-0.39, 0.29) is 26.4 Å². The fourth-order valence-corrected chi connectivity index (χ4v) is 1.25. The van der Waals surface area contributed by atoms with E-state index in [1.807, 2.05) is 0 Å². The first-order valence-electron chi connectivity index (χ1n) is 5.12. The molecule has 0 amide bonds. The van der Waals surface area contributed by atoms with Gasteiger partial charge in [0.25, 0.3) is 5.69 Å². The van der Waals surface area contributed by atoms with Crippen LogP contribution in [0.15, 0.2) is 12.1 Å². The molecule has 0 aliphatic carbocycles. The Kier molecular flexibility index (Phi) is 5.40. The van der Waals surface area contributed by atoms with Crippen LogP contribution in [0.3, 0.4) is 0 Å². The molecular weight excluding hydrogens is 250 g/mol. The van der Waals surface area contributed by atoms with Crippen molar-refractivity contribution in [2.24, 2.45) is 0 Å². The zero-order valence-corrected chi connectivity index (χ0v) is 9.36. The van der Waals surface area contributed by atoms with Gasteiger partial charge in [0.05, 0.1) is 36.9 Å². The first-order valence-corrected chi connectivity index (χ1v) is 5.12. The Morgan fingerprint density at radius 2 is 1.94 bits per heavy atom. The van der Waals surface area contributed by atoms with E-state index < -0.39 is 27.9 Å². The number of non-ortho nitro benzene ring substituents is 1. The van der Waals surface area contributed by atoms with Crippen LogP contribution in [0.1, 0.15) is 0 Å². The number of nitrogens with zero attached hydrogens (tertiary/aromatic N) is 1. The van der Waals surface area contributed by atoms with Gasteiger partial charge in [-0.2, -0.15) is 0 Å². The number of benzene rings is 1. The molecule has 0 radical (unpaired) electrons. The summed E-state index contributed by atoms with van der Waals surface area (Å²) in [6, 6.07) is 1.28. The Morgan fingerprint density at radius 3 is 2.44 bits per heavy atom. The molecule has 0 saturated carbocycles. The van der Waals surface area contributed by atoms with Crippen LogP contribution in [-0.2, 0) is 4.74 Å². The number of anilines is 1. The molecule has 0 unspecified atom stereocenters. The Bertz CT molecular complexity index is 405. The molecule has 8 heteroatoms. The minimum absolute atomic E-state index is 0.117. The third-order valence-corrected chi connectivity index (χ3v) is 2.02. The van der Waals surface area contributed by atoms with Crippen LogP contribution in [0.25, 0.3) is 0 Å². The minimum Gasteiger partial charge on any atom is -0.394 e. The van der Waals surface area contributed by atoms with Crippen LogP contribution in [0.5, 0.6) is 0 Å². The molecule has 0 heterocycles. The molecule has 100 valence electrons. The summed E-state index contributed by atoms with van der Waals surface area (Å²) in [6.07, 6.45) is 0. The van der Waals surface area contributed by atoms with Gasteiger partial charge in [-0.1, -0.05) is 0 Å². The van der Waals surface area contributed by atoms with Gasteiger partial charge in [0, 0.05) is 6.54 Å². The van der Waals surface area contributed by atoms with E-state index in [1.54, 1.807) is 0 Å². The van der Waals surface area contributed by atoms with Crippen LogP contribution >= 0.6 is 0 Å². The smallest absolute Gasteiger partial charge is 0.275 e. The number of halogens is 2. The average Bonchev–Trinajstić information content (AvgIpc) is 2.31. The van der Waals surface area contributed by atoms with Gasteiger partial charge < -0.3 is 15.2 Å². The average molecular weight is 262 g/mol. The third-order valence-electron chi connectivity index (χ3n) is 2.02. The standard InChI is InChI=1S/C10H12F2N2O4/c11-8-5-7(14(16)17)6-9(12)10(8)13-1-3-18-4-2-15/h5-6,13,15H,1-4H2. The lowest BCUT2D eigenvalue weighted by atomic mass is 10.2. The topological polar surface area (TPSA) is 84.6 Å². The molecule has 0 aliphatic rings. The van der Waals surface area contributed by atoms with E-state index in [0.717, 1.165) is 0 Å². The summed E-state index contributed by atoms with van der Waals surface area (Å²) in [5.41, 5.74) is -1.08. The number of hydrogen-bond donors (Lipinski definition) is 2. The monoisotopic (exact) mass is 262 g/mol. The highest BCUT2D eigenvalue weighted by Gasteiger charge is 2.16. The normalized spacial score (nSPS) is 10.4. The quantitative estimate of drug-likeness (QED) is 0.439. The van der Waals surface area contributed by atoms with Crippen molar-refractivity contribution in [3.63, 3.8) is 0 Å². The highest BCUT2D eigenvalue weighted by molar-refractivity contribution is 5.51. The van der Waals surface area contributed by atoms with Crippen molar-refractivity contribution in [3.05, 3.63) is 33.9 Å². The summed E-state index contributed by atoms with van der Waals surface area (Å²) in [5, 5.41) is 21.2. The van der Waals surface area contributed by atoms with Crippen molar-refractivity contribution in [2.45, 2.75) is 0 Å². The highest BCUT2D eigenvalue weighted by Crippen LogP contribution is 2.24. The first-order chi connectivity index (χ1) is 8.56. The highest BCUT2D eigenvalue weighted by atomic mass is 19.1. The van der Waals surface area contributed by atoms with E-state index in [4.69, 9.17) is 9.84 Å². The molecule has 0 atom stereocenters. The molecule has 1 aromatic rings. The molecular formula is C10H12F2N2O4. The molecule has 0 bridgehead atoms. The second-order valence-corrected chi connectivity index (χ2v) is 3.30. The zero-order chi connectivity index (χ0) is 13.5. The maximum atomic E-state index is 13.4. The van der Waals surface area contributed by atoms with Crippen LogP contribution in [0.2, 0.25) is 0 Å². The fourth-order valence-electron chi connectivity index (χ4n) is 1.25. The lowest BCUT2D eigenvalue weighted by molar-refractivity contribution is -0.385. The summed E-state index contributed by atoms with van der Waals surface area (Å²) in [4.78, 5) is 9.48. The molecule has 2 N–H and O–H groups in total. The summed E-state index contributed by atoms with van der Waals surface area (Å²) in [5.74, 6) is -2.08. The van der Waals surface area contributed by atoms with Crippen molar-refractivity contribution in [3.8, 4) is 0 Å². The lowest BCUT2D eigenvalue weighted by Gasteiger charge is -2.08. The Labute approximate surface area is 101 Å². The van der Waals surface area contributed by atoms with Gasteiger partial charge in [-0.15, -0.1) is 0 Å². The predicted molar refractivity (Wildman–Crippen MR) is 59.4 cm³/mol. The Hall–Kier alpha value is -1.80. The van der Waals surface area contributed by atoms with Crippen LogP contribution in [0, 0.1) is 21.7 Å². The van der Waals surface area contributed by atoms with Crippen LogP contribution in [-0.4, -0.2) is 36.4 Å². The van der Waals surface area contributed by atoms with Gasteiger partial charge in [-0.3, -0.25) is 10.1 Å². The van der Waals surface area contributed by atoms with E-state index in [1.165, 1.54) is 0 Å². The number of ether oxygens (including phenoxy) is 1. The van der Waals surface area contributed by atoms with Crippen LogP contribution < -0.4 is 5.32 Å². The first kappa shape index (κ1) is 14.3. The van der Waals surface area contributed by atoms with E-state index in [9.17, 15) is 18.9 Å². The van der Waals surface area contributed by atoms with Gasteiger partial charge in [0.1, 0.15) is 5.69 Å². The largest absolute Gasteiger partial charge is 0.394 e. The van der Waals surface area contributed by atoms with Crippen LogP contribution in [0.4, 0.5) is 20.2 Å². The fraction of sp³-hybridized carbons (Fsp3) is 0.400. The molecule has 1 aromatic carbocycles. The Morgan fingerprint density at radius 1 is 1.33 bits per heavy atom. The molecule has 0 saturated heterocycles. The van der Waals surface area contributed by atoms with Crippen molar-refractivity contribution in [1.82, 2.24) is 0 Å². The maximum Gasteiger partial charge on any atom is 0.275 e. The number of nitrogens with one attached hydrogen (secondary N) is 1. The molecule has 1 rings (SSSR count). The minimum atomic E-state index is -1.04. The van der Waals surface area contributed by atoms with Gasteiger partial charge in [0.15, 0.2) is 11.6 Å². The summed E-state index contributed by atoms with van der Waals surface area (Å²) in [7, 11) is 0. The number of aliphatic hydroxyl groups is 1. The van der Waals surface area contributed by atoms with E-state index in [0.29, 0.717) is 12.1 Å². The van der Waals surface area contributed by atoms with E-state index in [2.05, 4.69) is 5.32 Å². The SMILES string of the molecule is O=[N+]([O-])c1cc(F)c(NCCOCCO)c(F)c1. The van der Waals surface area contributed by atoms with Crippen molar-refractivity contribution in [2.75, 3.05) is 31.7 Å². The van der Waals surface area contributed by atoms with Gasteiger partial charge in [-0.25, -0.2) is 8.78 Å². The number of rotatable bonds is 7. The number of nitro groups is 1. The third kappa shape index (κ3) is 3.90. The predicted octanol–water partition coefficient (Wildman–Crippen LogP) is 1.29. The zero-order valence-electron chi connectivity index (χ0n) is 9.36. The summed E-state index contributed by atoms with van der Waals surface area (Å²) in [6.45, 7) is 0.259. The molecule has 6 nitrogen and oxygen atoms in total. The molecule has 18 heavy (non-hydrogen) atoms. The van der Waals surface area contributed by atoms with Gasteiger partial charge in [-0.05, 0) is 0 Å². The molecule has 0 aliphatic heterocycles. The van der Waals surface area contributed by atoms with E-state index >= 15 is 0 Å². The summed E-state index contributed by atoms with van der Waals surface area (Å²) < 4.78 is 31.6. The van der Waals surface area contributed by atoms with Crippen molar-refractivity contribution in [1.29, 1.82) is 0 Å². The second kappa shape index (κ2) is 6.82. The molecule has 0 aromatic heterocycles. The summed E-state index contributed by atoms with van der Waals surface area (Å²) >= 11 is 0. The number of nitro benzene ring substituents is 1. The van der Waals surface area contributed by atoms with Crippen molar-refractivity contribution < 1.29 is 23.5 Å². The Balaban J connectivity index is 2.63.